The smallest absolute Gasteiger partial charge is 0.132 e. The normalized spacial score (nSPS) is 10.3. The van der Waals surface area contributed by atoms with Crippen molar-refractivity contribution < 1.29 is 9.13 Å². The molecule has 0 aliphatic heterocycles. The minimum atomic E-state index is -0.317. The molecule has 0 aliphatic carbocycles. The predicted octanol–water partition coefficient (Wildman–Crippen LogP) is 2.90. The maximum atomic E-state index is 13.5. The highest BCUT2D eigenvalue weighted by Crippen LogP contribution is 2.33. The Labute approximate surface area is 111 Å². The van der Waals surface area contributed by atoms with Crippen molar-refractivity contribution in [3.8, 4) is 17.0 Å². The van der Waals surface area contributed by atoms with Crippen LogP contribution in [0.15, 0.2) is 24.5 Å². The third-order valence-electron chi connectivity index (χ3n) is 2.95. The average Bonchev–Trinajstić information content (AvgIpc) is 2.46. The van der Waals surface area contributed by atoms with Crippen LogP contribution in [0.4, 0.5) is 10.2 Å². The van der Waals surface area contributed by atoms with Gasteiger partial charge >= 0.3 is 0 Å². The standard InChI is InChI=1S/C14H16FN3O/c1-4-10-13(17-8-18-14(10)16-2)11-7-9(15)5-6-12(11)19-3/h5-8H,4H2,1-3H3,(H,16,17,18). The molecular formula is C14H16FN3O. The van der Waals surface area contributed by atoms with Crippen molar-refractivity contribution >= 4 is 5.82 Å². The van der Waals surface area contributed by atoms with Gasteiger partial charge in [-0.2, -0.15) is 0 Å². The number of benzene rings is 1. The zero-order valence-corrected chi connectivity index (χ0v) is 11.2. The van der Waals surface area contributed by atoms with Crippen LogP contribution >= 0.6 is 0 Å². The van der Waals surface area contributed by atoms with Crippen LogP contribution in [0.2, 0.25) is 0 Å². The van der Waals surface area contributed by atoms with Gasteiger partial charge in [0.2, 0.25) is 0 Å². The minimum absolute atomic E-state index is 0.317. The molecule has 2 aromatic rings. The zero-order valence-electron chi connectivity index (χ0n) is 11.2. The van der Waals surface area contributed by atoms with Gasteiger partial charge in [0.15, 0.2) is 0 Å². The van der Waals surface area contributed by atoms with E-state index < -0.39 is 0 Å². The molecule has 100 valence electrons. The van der Waals surface area contributed by atoms with E-state index >= 15 is 0 Å². The van der Waals surface area contributed by atoms with Crippen LogP contribution in [0, 0.1) is 5.82 Å². The number of hydrogen-bond acceptors (Lipinski definition) is 4. The van der Waals surface area contributed by atoms with Gasteiger partial charge in [0.25, 0.3) is 0 Å². The van der Waals surface area contributed by atoms with E-state index in [1.54, 1.807) is 20.2 Å². The maximum absolute atomic E-state index is 13.5. The molecule has 4 nitrogen and oxygen atoms in total. The number of nitrogens with zero attached hydrogens (tertiary/aromatic N) is 2. The van der Waals surface area contributed by atoms with Crippen LogP contribution in [0.3, 0.4) is 0 Å². The van der Waals surface area contributed by atoms with Crippen molar-refractivity contribution in [1.82, 2.24) is 9.97 Å². The summed E-state index contributed by atoms with van der Waals surface area (Å²) in [5.74, 6) is 1.03. The van der Waals surface area contributed by atoms with E-state index in [1.165, 1.54) is 18.5 Å². The highest BCUT2D eigenvalue weighted by Gasteiger charge is 2.15. The lowest BCUT2D eigenvalue weighted by Crippen LogP contribution is -2.03. The van der Waals surface area contributed by atoms with E-state index in [0.717, 1.165) is 17.8 Å². The van der Waals surface area contributed by atoms with Gasteiger partial charge in [0.05, 0.1) is 12.8 Å². The lowest BCUT2D eigenvalue weighted by Gasteiger charge is -2.13. The molecule has 1 aromatic carbocycles. The first-order chi connectivity index (χ1) is 9.21. The Morgan fingerprint density at radius 3 is 2.74 bits per heavy atom. The second-order valence-electron chi connectivity index (χ2n) is 4.00. The third-order valence-corrected chi connectivity index (χ3v) is 2.95. The monoisotopic (exact) mass is 261 g/mol. The lowest BCUT2D eigenvalue weighted by molar-refractivity contribution is 0.415. The van der Waals surface area contributed by atoms with Crippen molar-refractivity contribution in [1.29, 1.82) is 0 Å². The fraction of sp³-hybridized carbons (Fsp3) is 0.286. The number of aromatic nitrogens is 2. The molecule has 1 aromatic heterocycles. The van der Waals surface area contributed by atoms with E-state index in [1.807, 2.05) is 6.92 Å². The van der Waals surface area contributed by atoms with Crippen LogP contribution in [0.1, 0.15) is 12.5 Å². The molecule has 0 radical (unpaired) electrons. The molecule has 5 heteroatoms. The SMILES string of the molecule is CCc1c(NC)ncnc1-c1cc(F)ccc1OC. The molecule has 0 saturated carbocycles. The fourth-order valence-corrected chi connectivity index (χ4v) is 2.06. The first-order valence-corrected chi connectivity index (χ1v) is 6.06. The van der Waals surface area contributed by atoms with Crippen LogP contribution in [-0.2, 0) is 6.42 Å². The van der Waals surface area contributed by atoms with Gasteiger partial charge in [-0.1, -0.05) is 6.92 Å². The summed E-state index contributed by atoms with van der Waals surface area (Å²) >= 11 is 0. The maximum Gasteiger partial charge on any atom is 0.132 e. The number of hydrogen-bond donors (Lipinski definition) is 1. The summed E-state index contributed by atoms with van der Waals surface area (Å²) in [5, 5.41) is 3.02. The summed E-state index contributed by atoms with van der Waals surface area (Å²) < 4.78 is 18.8. The summed E-state index contributed by atoms with van der Waals surface area (Å²) in [5.41, 5.74) is 2.27. The Kier molecular flexibility index (Phi) is 3.94. The second kappa shape index (κ2) is 5.65. The Balaban J connectivity index is 2.67. The number of halogens is 1. The van der Waals surface area contributed by atoms with E-state index in [2.05, 4.69) is 15.3 Å². The molecule has 0 fully saturated rings. The third kappa shape index (κ3) is 2.50. The van der Waals surface area contributed by atoms with Crippen molar-refractivity contribution in [3.63, 3.8) is 0 Å². The molecule has 1 N–H and O–H groups in total. The number of nitrogens with one attached hydrogen (secondary N) is 1. The summed E-state index contributed by atoms with van der Waals surface area (Å²) in [7, 11) is 3.36. The second-order valence-corrected chi connectivity index (χ2v) is 4.00. The molecule has 2 rings (SSSR count). The van der Waals surface area contributed by atoms with Crippen LogP contribution in [0.5, 0.6) is 5.75 Å². The van der Waals surface area contributed by atoms with Gasteiger partial charge in [-0.15, -0.1) is 0 Å². The molecule has 0 amide bonds. The molecule has 0 saturated heterocycles. The molecule has 19 heavy (non-hydrogen) atoms. The Hall–Kier alpha value is -2.17. The lowest BCUT2D eigenvalue weighted by atomic mass is 10.0. The van der Waals surface area contributed by atoms with E-state index in [9.17, 15) is 4.39 Å². The first-order valence-electron chi connectivity index (χ1n) is 6.06. The number of rotatable bonds is 4. The van der Waals surface area contributed by atoms with Gasteiger partial charge in [0, 0.05) is 18.2 Å². The molecule has 0 atom stereocenters. The topological polar surface area (TPSA) is 47.0 Å². The quantitative estimate of drug-likeness (QED) is 0.919. The van der Waals surface area contributed by atoms with Crippen molar-refractivity contribution in [2.24, 2.45) is 0 Å². The minimum Gasteiger partial charge on any atom is -0.496 e. The van der Waals surface area contributed by atoms with Crippen molar-refractivity contribution in [2.75, 3.05) is 19.5 Å². The van der Waals surface area contributed by atoms with E-state index in [4.69, 9.17) is 4.74 Å². The zero-order chi connectivity index (χ0) is 13.8. The van der Waals surface area contributed by atoms with Crippen molar-refractivity contribution in [2.45, 2.75) is 13.3 Å². The van der Waals surface area contributed by atoms with Crippen LogP contribution < -0.4 is 10.1 Å². The van der Waals surface area contributed by atoms with Gasteiger partial charge in [-0.25, -0.2) is 14.4 Å². The summed E-state index contributed by atoms with van der Waals surface area (Å²) in [6.07, 6.45) is 2.21. The molecular weight excluding hydrogens is 245 g/mol. The number of methoxy groups -OCH3 is 1. The highest BCUT2D eigenvalue weighted by molar-refractivity contribution is 5.73. The largest absolute Gasteiger partial charge is 0.496 e. The van der Waals surface area contributed by atoms with Crippen LogP contribution in [-0.4, -0.2) is 24.1 Å². The molecule has 0 unspecified atom stereocenters. The van der Waals surface area contributed by atoms with Gasteiger partial charge in [0.1, 0.15) is 23.7 Å². The van der Waals surface area contributed by atoms with E-state index in [-0.39, 0.29) is 5.82 Å². The molecule has 0 aliphatic rings. The average molecular weight is 261 g/mol. The Morgan fingerprint density at radius 2 is 2.11 bits per heavy atom. The number of ether oxygens (including phenoxy) is 1. The fourth-order valence-electron chi connectivity index (χ4n) is 2.06. The molecule has 0 bridgehead atoms. The highest BCUT2D eigenvalue weighted by atomic mass is 19.1. The molecule has 1 heterocycles. The van der Waals surface area contributed by atoms with Crippen LogP contribution in [0.25, 0.3) is 11.3 Å². The summed E-state index contributed by atoms with van der Waals surface area (Å²) in [4.78, 5) is 8.46. The molecule has 0 spiro atoms. The summed E-state index contributed by atoms with van der Waals surface area (Å²) in [6, 6.07) is 4.40. The first kappa shape index (κ1) is 13.3. The Bertz CT molecular complexity index is 587. The predicted molar refractivity (Wildman–Crippen MR) is 72.9 cm³/mol. The summed E-state index contributed by atoms with van der Waals surface area (Å²) in [6.45, 7) is 2.01. The van der Waals surface area contributed by atoms with Crippen molar-refractivity contribution in [3.05, 3.63) is 35.9 Å². The van der Waals surface area contributed by atoms with Gasteiger partial charge in [-0.3, -0.25) is 0 Å². The Morgan fingerprint density at radius 1 is 1.32 bits per heavy atom. The van der Waals surface area contributed by atoms with E-state index in [0.29, 0.717) is 17.0 Å². The number of anilines is 1. The van der Waals surface area contributed by atoms with Gasteiger partial charge < -0.3 is 10.1 Å². The van der Waals surface area contributed by atoms with Gasteiger partial charge in [-0.05, 0) is 24.6 Å².